The molecule has 138 valence electrons. The molecule has 0 fully saturated rings. The minimum Gasteiger partial charge on any atom is -0.404 e. The van der Waals surface area contributed by atoms with Crippen LogP contribution in [0, 0.1) is 0 Å². The lowest BCUT2D eigenvalue weighted by Gasteiger charge is -2.22. The minimum absolute atomic E-state index is 0.135. The first-order valence-corrected chi connectivity index (χ1v) is 8.08. The van der Waals surface area contributed by atoms with Gasteiger partial charge in [-0.2, -0.15) is 0 Å². The Morgan fingerprint density at radius 2 is 2.08 bits per heavy atom. The van der Waals surface area contributed by atoms with Gasteiger partial charge < -0.3 is 22.5 Å². The number of nitrogens with one attached hydrogen (secondary N) is 1. The molecule has 0 saturated carbocycles. The Morgan fingerprint density at radius 1 is 1.40 bits per heavy atom. The summed E-state index contributed by atoms with van der Waals surface area (Å²) in [5.41, 5.74) is 19.8. The van der Waals surface area contributed by atoms with Crippen LogP contribution in [0.2, 0.25) is 0 Å². The number of alkyl halides is 2. The number of anilines is 1. The monoisotopic (exact) mass is 351 g/mol. The smallest absolute Gasteiger partial charge is 0.264 e. The molecule has 0 saturated heterocycles. The van der Waals surface area contributed by atoms with Gasteiger partial charge in [0.05, 0.1) is 6.17 Å². The van der Waals surface area contributed by atoms with E-state index >= 15 is 0 Å². The fourth-order valence-corrected chi connectivity index (χ4v) is 2.44. The lowest BCUT2D eigenvalue weighted by molar-refractivity contribution is 0.151. The summed E-state index contributed by atoms with van der Waals surface area (Å²) in [6, 6.07) is 3.13. The second-order valence-electron chi connectivity index (χ2n) is 5.64. The zero-order valence-electron chi connectivity index (χ0n) is 14.7. The van der Waals surface area contributed by atoms with E-state index in [1.807, 2.05) is 6.92 Å². The summed E-state index contributed by atoms with van der Waals surface area (Å²) in [6.45, 7) is 6.00. The first kappa shape index (κ1) is 20.8. The molecule has 1 aromatic rings. The summed E-state index contributed by atoms with van der Waals surface area (Å²) >= 11 is 0. The first-order chi connectivity index (χ1) is 11.9. The highest BCUT2D eigenvalue weighted by molar-refractivity contribution is 6.10. The van der Waals surface area contributed by atoms with Gasteiger partial charge in [-0.25, -0.2) is 8.78 Å². The Hall–Kier alpha value is -2.25. The number of hydrogen-bond acceptors (Lipinski definition) is 5. The van der Waals surface area contributed by atoms with Crippen molar-refractivity contribution in [2.75, 3.05) is 18.9 Å². The van der Waals surface area contributed by atoms with Crippen molar-refractivity contribution in [3.05, 3.63) is 47.2 Å². The van der Waals surface area contributed by atoms with Crippen LogP contribution in [0.3, 0.4) is 0 Å². The van der Waals surface area contributed by atoms with Gasteiger partial charge in [0.2, 0.25) is 0 Å². The average molecular weight is 351 g/mol. The second kappa shape index (κ2) is 9.90. The van der Waals surface area contributed by atoms with Crippen LogP contribution in [0.25, 0.3) is 5.57 Å². The maximum Gasteiger partial charge on any atom is 0.264 e. The number of nitrogens with two attached hydrogens (primary N) is 3. The van der Waals surface area contributed by atoms with Crippen LogP contribution in [0.15, 0.2) is 35.5 Å². The molecule has 0 amide bonds. The number of aryl methyl sites for hydroxylation is 1. The van der Waals surface area contributed by atoms with Gasteiger partial charge in [-0.3, -0.25) is 4.99 Å². The van der Waals surface area contributed by atoms with Crippen molar-refractivity contribution >= 4 is 17.5 Å². The highest BCUT2D eigenvalue weighted by Crippen LogP contribution is 2.33. The van der Waals surface area contributed by atoms with Crippen LogP contribution >= 0.6 is 0 Å². The zero-order valence-corrected chi connectivity index (χ0v) is 14.7. The summed E-state index contributed by atoms with van der Waals surface area (Å²) in [7, 11) is 1.56. The molecular weight excluding hydrogens is 324 g/mol. The maximum atomic E-state index is 13.6. The third kappa shape index (κ3) is 5.37. The van der Waals surface area contributed by atoms with Crippen molar-refractivity contribution in [3.8, 4) is 0 Å². The largest absolute Gasteiger partial charge is 0.404 e. The van der Waals surface area contributed by atoms with Gasteiger partial charge in [-0.15, -0.1) is 0 Å². The van der Waals surface area contributed by atoms with Crippen molar-refractivity contribution in [1.82, 2.24) is 0 Å². The van der Waals surface area contributed by atoms with Crippen LogP contribution in [-0.4, -0.2) is 26.0 Å². The molecule has 0 aliphatic heterocycles. The van der Waals surface area contributed by atoms with E-state index in [0.29, 0.717) is 28.8 Å². The number of hydrogen-bond donors (Lipinski definition) is 4. The van der Waals surface area contributed by atoms with E-state index in [2.05, 4.69) is 16.9 Å². The molecule has 25 heavy (non-hydrogen) atoms. The number of allylic oxidation sites excluding steroid dienone is 1. The lowest BCUT2D eigenvalue weighted by Crippen LogP contribution is -2.34. The molecule has 7 heteroatoms. The zero-order chi connectivity index (χ0) is 19.0. The molecule has 7 N–H and O–H groups in total. The van der Waals surface area contributed by atoms with Gasteiger partial charge in [0.15, 0.2) is 0 Å². The number of halogens is 2. The third-order valence-electron chi connectivity index (χ3n) is 3.80. The Labute approximate surface area is 147 Å². The molecule has 0 spiro atoms. The van der Waals surface area contributed by atoms with E-state index in [1.165, 1.54) is 18.5 Å². The van der Waals surface area contributed by atoms with Crippen LogP contribution in [0.1, 0.15) is 36.5 Å². The number of benzene rings is 1. The Bertz CT molecular complexity index is 653. The number of rotatable bonds is 9. The predicted molar refractivity (Wildman–Crippen MR) is 102 cm³/mol. The lowest BCUT2D eigenvalue weighted by atomic mass is 9.94. The van der Waals surface area contributed by atoms with Crippen LogP contribution in [0.5, 0.6) is 0 Å². The van der Waals surface area contributed by atoms with Gasteiger partial charge in [0.25, 0.3) is 6.43 Å². The summed E-state index contributed by atoms with van der Waals surface area (Å²) in [6.07, 6.45) is 1.00. The Kier molecular flexibility index (Phi) is 8.24. The van der Waals surface area contributed by atoms with Crippen LogP contribution in [0.4, 0.5) is 14.5 Å². The quantitative estimate of drug-likeness (QED) is 0.312. The molecule has 0 bridgehead atoms. The SMILES string of the molecule is C=C(CN)C(N)Nc1cc(C(F)F)c(/C(C=NC)=C/N)cc1CCC. The van der Waals surface area contributed by atoms with Crippen molar-refractivity contribution < 1.29 is 8.78 Å². The first-order valence-electron chi connectivity index (χ1n) is 8.08. The number of nitrogens with zero attached hydrogens (tertiary/aromatic N) is 1. The molecule has 0 aromatic heterocycles. The minimum atomic E-state index is -2.67. The molecule has 0 radical (unpaired) electrons. The normalized spacial score (nSPS) is 13.5. The fourth-order valence-electron chi connectivity index (χ4n) is 2.44. The van der Waals surface area contributed by atoms with Gasteiger partial charge in [-0.1, -0.05) is 19.9 Å². The van der Waals surface area contributed by atoms with Crippen molar-refractivity contribution in [2.24, 2.45) is 22.2 Å². The van der Waals surface area contributed by atoms with E-state index in [-0.39, 0.29) is 12.1 Å². The molecule has 5 nitrogen and oxygen atoms in total. The van der Waals surface area contributed by atoms with Gasteiger partial charge in [0.1, 0.15) is 0 Å². The molecule has 0 aliphatic rings. The van der Waals surface area contributed by atoms with Gasteiger partial charge in [-0.05, 0) is 35.3 Å². The van der Waals surface area contributed by atoms with E-state index in [4.69, 9.17) is 17.2 Å². The van der Waals surface area contributed by atoms with Crippen LogP contribution in [-0.2, 0) is 6.42 Å². The number of aliphatic imine (C=N–C) groups is 1. The molecule has 1 atom stereocenters. The molecule has 1 rings (SSSR count). The highest BCUT2D eigenvalue weighted by atomic mass is 19.3. The van der Waals surface area contributed by atoms with Gasteiger partial charge >= 0.3 is 0 Å². The van der Waals surface area contributed by atoms with Gasteiger partial charge in [0, 0.05) is 42.8 Å². The van der Waals surface area contributed by atoms with E-state index < -0.39 is 12.6 Å². The fraction of sp³-hybridized carbons (Fsp3) is 0.389. The maximum absolute atomic E-state index is 13.6. The molecular formula is C18H27F2N5. The highest BCUT2D eigenvalue weighted by Gasteiger charge is 2.19. The van der Waals surface area contributed by atoms with Crippen LogP contribution < -0.4 is 22.5 Å². The van der Waals surface area contributed by atoms with Crippen molar-refractivity contribution in [2.45, 2.75) is 32.4 Å². The topological polar surface area (TPSA) is 102 Å². The van der Waals surface area contributed by atoms with E-state index in [9.17, 15) is 8.78 Å². The second-order valence-corrected chi connectivity index (χ2v) is 5.64. The summed E-state index contributed by atoms with van der Waals surface area (Å²) in [5, 5.41) is 3.04. The average Bonchev–Trinajstić information content (AvgIpc) is 2.59. The molecule has 1 aromatic carbocycles. The van der Waals surface area contributed by atoms with Crippen molar-refractivity contribution in [1.29, 1.82) is 0 Å². The Balaban J connectivity index is 3.48. The summed E-state index contributed by atoms with van der Waals surface area (Å²) in [4.78, 5) is 3.89. The summed E-state index contributed by atoms with van der Waals surface area (Å²) < 4.78 is 27.2. The standard InChI is InChI=1S/C18H27F2N5/c1-4-5-12-6-14(13(9-22)10-24-3)15(17(19)20)7-16(12)25-18(23)11(2)8-21/h6-7,9-10,17-18,25H,2,4-5,8,21-23H2,1,3H3/b13-9+,24-10?. The third-order valence-corrected chi connectivity index (χ3v) is 3.80. The van der Waals surface area contributed by atoms with Crippen molar-refractivity contribution in [3.63, 3.8) is 0 Å². The molecule has 1 unspecified atom stereocenters. The van der Waals surface area contributed by atoms with E-state index in [1.54, 1.807) is 13.1 Å². The molecule has 0 aliphatic carbocycles. The predicted octanol–water partition coefficient (Wildman–Crippen LogP) is 2.79. The molecule has 0 heterocycles. The van der Waals surface area contributed by atoms with E-state index in [0.717, 1.165) is 12.0 Å². The summed E-state index contributed by atoms with van der Waals surface area (Å²) in [5.74, 6) is 0. The Morgan fingerprint density at radius 3 is 2.56 bits per heavy atom.